The van der Waals surface area contributed by atoms with Crippen LogP contribution >= 0.6 is 23.1 Å². The monoisotopic (exact) mass is 576 g/mol. The molecule has 14 heteroatoms. The Labute approximate surface area is 226 Å². The number of anilines is 1. The van der Waals surface area contributed by atoms with Crippen LogP contribution in [0.3, 0.4) is 0 Å². The Morgan fingerprint density at radius 3 is 2.55 bits per heavy atom. The van der Waals surface area contributed by atoms with Gasteiger partial charge in [0.15, 0.2) is 4.34 Å². The van der Waals surface area contributed by atoms with Crippen molar-refractivity contribution in [2.24, 2.45) is 5.92 Å². The van der Waals surface area contributed by atoms with Crippen LogP contribution in [-0.2, 0) is 20.6 Å². The second kappa shape index (κ2) is 11.4. The van der Waals surface area contributed by atoms with Crippen LogP contribution in [0.1, 0.15) is 48.2 Å². The number of esters is 1. The molecule has 38 heavy (non-hydrogen) atoms. The minimum absolute atomic E-state index is 0.0488. The van der Waals surface area contributed by atoms with E-state index in [9.17, 15) is 22.8 Å². The number of piperidine rings is 1. The van der Waals surface area contributed by atoms with Crippen LogP contribution in [0.15, 0.2) is 55.0 Å². The molecule has 1 N–H and O–H groups in total. The fourth-order valence-electron chi connectivity index (χ4n) is 3.77. The van der Waals surface area contributed by atoms with Gasteiger partial charge in [-0.2, -0.15) is 4.31 Å². The number of hydrogen-bond acceptors (Lipinski definition) is 11. The molecular weight excluding hydrogens is 552 g/mol. The van der Waals surface area contributed by atoms with Crippen molar-refractivity contribution in [1.82, 2.24) is 14.5 Å². The van der Waals surface area contributed by atoms with Crippen molar-refractivity contribution in [2.45, 2.75) is 47.1 Å². The van der Waals surface area contributed by atoms with Gasteiger partial charge >= 0.3 is 5.97 Å². The third kappa shape index (κ3) is 6.31. The number of nitrogens with one attached hydrogen (secondary N) is 1. The molecule has 200 valence electrons. The molecule has 1 aliphatic carbocycles. The van der Waals surface area contributed by atoms with Gasteiger partial charge < -0.3 is 14.5 Å². The highest BCUT2D eigenvalue weighted by Crippen LogP contribution is 2.32. The highest BCUT2D eigenvalue weighted by Gasteiger charge is 2.30. The Hall–Kier alpha value is -3.07. The highest BCUT2D eigenvalue weighted by molar-refractivity contribution is 8.00. The molecule has 0 atom stereocenters. The molecule has 3 heterocycles. The normalized spacial score (nSPS) is 16.2. The first-order valence-electron chi connectivity index (χ1n) is 12.0. The molecule has 2 aliphatic rings. The van der Waals surface area contributed by atoms with E-state index in [4.69, 9.17) is 9.15 Å². The number of carbonyl (C=O) groups excluding carboxylic acids is 2. The van der Waals surface area contributed by atoms with E-state index in [0.717, 1.165) is 38.4 Å². The molecule has 5 rings (SSSR count). The van der Waals surface area contributed by atoms with Gasteiger partial charge in [-0.3, -0.25) is 9.59 Å². The number of rotatable bonds is 9. The van der Waals surface area contributed by atoms with E-state index in [1.807, 2.05) is 0 Å². The average Bonchev–Trinajstić information content (AvgIpc) is 3.69. The maximum Gasteiger partial charge on any atom is 0.343 e. The Morgan fingerprint density at radius 2 is 1.87 bits per heavy atom. The Balaban J connectivity index is 1.16. The van der Waals surface area contributed by atoms with E-state index in [1.54, 1.807) is 0 Å². The van der Waals surface area contributed by atoms with Gasteiger partial charge in [0, 0.05) is 25.1 Å². The SMILES string of the molecule is O=C(Oc1coc(CSc2nnc(NC(=O)C3CC3)s2)cc1=O)c1ccc(S(=O)(=O)N2CCCCC2)cc1. The molecule has 11 nitrogen and oxygen atoms in total. The van der Waals surface area contributed by atoms with E-state index in [-0.39, 0.29) is 33.8 Å². The molecule has 1 aliphatic heterocycles. The molecule has 1 saturated heterocycles. The minimum Gasteiger partial charge on any atom is -0.464 e. The number of amides is 1. The summed E-state index contributed by atoms with van der Waals surface area (Å²) < 4.78 is 38.2. The zero-order valence-corrected chi connectivity index (χ0v) is 22.6. The number of ether oxygens (including phenoxy) is 1. The summed E-state index contributed by atoms with van der Waals surface area (Å²) in [5.74, 6) is -0.456. The number of hydrogen-bond donors (Lipinski definition) is 1. The van der Waals surface area contributed by atoms with Crippen LogP contribution < -0.4 is 15.5 Å². The molecule has 0 radical (unpaired) electrons. The van der Waals surface area contributed by atoms with Crippen molar-refractivity contribution in [2.75, 3.05) is 18.4 Å². The topological polar surface area (TPSA) is 149 Å². The number of nitrogens with zero attached hydrogens (tertiary/aromatic N) is 3. The zero-order valence-electron chi connectivity index (χ0n) is 20.1. The van der Waals surface area contributed by atoms with Crippen molar-refractivity contribution in [3.8, 4) is 5.75 Å². The molecular formula is C24H24N4O7S3. The van der Waals surface area contributed by atoms with E-state index in [0.29, 0.717) is 28.3 Å². The second-order valence-corrected chi connectivity index (χ2v) is 13.0. The Kier molecular flexibility index (Phi) is 7.93. The second-order valence-electron chi connectivity index (χ2n) is 8.88. The fourth-order valence-corrected chi connectivity index (χ4v) is 6.93. The summed E-state index contributed by atoms with van der Waals surface area (Å²) in [5.41, 5.74) is -0.443. The zero-order chi connectivity index (χ0) is 26.7. The van der Waals surface area contributed by atoms with Crippen LogP contribution in [0.25, 0.3) is 0 Å². The molecule has 1 amide bonds. The van der Waals surface area contributed by atoms with E-state index >= 15 is 0 Å². The first kappa shape index (κ1) is 26.5. The maximum absolute atomic E-state index is 12.8. The summed E-state index contributed by atoms with van der Waals surface area (Å²) in [4.78, 5) is 36.9. The number of carbonyl (C=O) groups is 2. The van der Waals surface area contributed by atoms with E-state index in [1.165, 1.54) is 57.7 Å². The van der Waals surface area contributed by atoms with Gasteiger partial charge in [0.2, 0.25) is 32.2 Å². The van der Waals surface area contributed by atoms with Gasteiger partial charge in [0.1, 0.15) is 12.0 Å². The van der Waals surface area contributed by atoms with Crippen molar-refractivity contribution in [1.29, 1.82) is 0 Å². The molecule has 1 saturated carbocycles. The van der Waals surface area contributed by atoms with Crippen molar-refractivity contribution in [3.05, 3.63) is 58.1 Å². The predicted molar refractivity (Wildman–Crippen MR) is 140 cm³/mol. The third-order valence-electron chi connectivity index (χ3n) is 6.02. The number of aromatic nitrogens is 2. The molecule has 2 aromatic heterocycles. The van der Waals surface area contributed by atoms with Gasteiger partial charge in [0.25, 0.3) is 0 Å². The fraction of sp³-hybridized carbons (Fsp3) is 0.375. The average molecular weight is 577 g/mol. The van der Waals surface area contributed by atoms with Crippen LogP contribution in [0.2, 0.25) is 0 Å². The predicted octanol–water partition coefficient (Wildman–Crippen LogP) is 3.53. The van der Waals surface area contributed by atoms with Crippen molar-refractivity contribution in [3.63, 3.8) is 0 Å². The summed E-state index contributed by atoms with van der Waals surface area (Å²) in [5, 5.41) is 11.1. The Bertz CT molecular complexity index is 1490. The van der Waals surface area contributed by atoms with Gasteiger partial charge in [-0.25, -0.2) is 13.2 Å². The molecule has 0 unspecified atom stereocenters. The summed E-state index contributed by atoms with van der Waals surface area (Å²) >= 11 is 2.51. The quantitative estimate of drug-likeness (QED) is 0.228. The smallest absolute Gasteiger partial charge is 0.343 e. The van der Waals surface area contributed by atoms with Gasteiger partial charge in [-0.05, 0) is 49.9 Å². The third-order valence-corrected chi connectivity index (χ3v) is 9.93. The van der Waals surface area contributed by atoms with Crippen LogP contribution in [0, 0.1) is 5.92 Å². The summed E-state index contributed by atoms with van der Waals surface area (Å²) in [6.45, 7) is 0.966. The molecule has 2 fully saturated rings. The van der Waals surface area contributed by atoms with Gasteiger partial charge in [0.05, 0.1) is 16.2 Å². The highest BCUT2D eigenvalue weighted by atomic mass is 32.2. The lowest BCUT2D eigenvalue weighted by molar-refractivity contribution is -0.117. The first-order valence-corrected chi connectivity index (χ1v) is 15.2. The molecule has 0 bridgehead atoms. The van der Waals surface area contributed by atoms with Gasteiger partial charge in [-0.1, -0.05) is 29.5 Å². The Morgan fingerprint density at radius 1 is 1.13 bits per heavy atom. The largest absolute Gasteiger partial charge is 0.464 e. The van der Waals surface area contributed by atoms with Crippen LogP contribution in [-0.4, -0.2) is 47.9 Å². The minimum atomic E-state index is -3.62. The summed E-state index contributed by atoms with van der Waals surface area (Å²) in [6.07, 6.45) is 5.51. The molecule has 0 spiro atoms. The molecule has 1 aromatic carbocycles. The van der Waals surface area contributed by atoms with Crippen molar-refractivity contribution >= 4 is 50.1 Å². The lowest BCUT2D eigenvalue weighted by Crippen LogP contribution is -2.35. The summed E-state index contributed by atoms with van der Waals surface area (Å²) in [7, 11) is -3.62. The van der Waals surface area contributed by atoms with Crippen LogP contribution in [0.5, 0.6) is 5.75 Å². The lowest BCUT2D eigenvalue weighted by Gasteiger charge is -2.25. The maximum atomic E-state index is 12.8. The van der Waals surface area contributed by atoms with Gasteiger partial charge in [-0.15, -0.1) is 10.2 Å². The number of benzene rings is 1. The first-order chi connectivity index (χ1) is 18.3. The van der Waals surface area contributed by atoms with E-state index < -0.39 is 21.4 Å². The standard InChI is InChI=1S/C24H24N4O7S3/c29-19-12-17(14-36-24-27-26-23(37-24)25-21(30)15-4-5-15)34-13-20(19)35-22(31)16-6-8-18(9-7-16)38(32,33)28-10-2-1-3-11-28/h6-9,12-13,15H,1-5,10-11,14H2,(H,25,26,30). The molecule has 3 aromatic rings. The lowest BCUT2D eigenvalue weighted by atomic mass is 10.2. The number of thioether (sulfide) groups is 1. The van der Waals surface area contributed by atoms with Crippen molar-refractivity contribution < 1.29 is 27.2 Å². The summed E-state index contributed by atoms with van der Waals surface area (Å²) in [6, 6.07) is 6.66. The van der Waals surface area contributed by atoms with Crippen LogP contribution in [0.4, 0.5) is 5.13 Å². The van der Waals surface area contributed by atoms with E-state index in [2.05, 4.69) is 15.5 Å². The number of sulfonamides is 1.